The number of esters is 1. The van der Waals surface area contributed by atoms with E-state index >= 15 is 0 Å². The van der Waals surface area contributed by atoms with Crippen LogP contribution in [-0.2, 0) is 9.53 Å². The van der Waals surface area contributed by atoms with Gasteiger partial charge in [0.15, 0.2) is 0 Å². The number of benzene rings is 1. The van der Waals surface area contributed by atoms with Crippen molar-refractivity contribution in [3.63, 3.8) is 0 Å². The number of ether oxygens (including phenoxy) is 2. The molecule has 0 aliphatic heterocycles. The Labute approximate surface area is 182 Å². The van der Waals surface area contributed by atoms with E-state index in [1.54, 1.807) is 6.07 Å². The zero-order valence-corrected chi connectivity index (χ0v) is 19.7. The first-order valence-electron chi connectivity index (χ1n) is 10.9. The lowest BCUT2D eigenvalue weighted by Crippen LogP contribution is -2.33. The van der Waals surface area contributed by atoms with Crippen LogP contribution in [0.3, 0.4) is 0 Å². The van der Waals surface area contributed by atoms with E-state index in [2.05, 4.69) is 58.1 Å². The van der Waals surface area contributed by atoms with Gasteiger partial charge in [-0.1, -0.05) is 39.8 Å². The molecule has 6 nitrogen and oxygen atoms in total. The molecule has 3 atom stereocenters. The predicted molar refractivity (Wildman–Crippen MR) is 121 cm³/mol. The van der Waals surface area contributed by atoms with Crippen LogP contribution in [0.5, 0.6) is 5.75 Å². The number of nitrogens with zero attached hydrogens (tertiary/aromatic N) is 1. The van der Waals surface area contributed by atoms with Gasteiger partial charge in [-0.15, -0.1) is 0 Å². The summed E-state index contributed by atoms with van der Waals surface area (Å²) < 4.78 is 10.3. The van der Waals surface area contributed by atoms with Gasteiger partial charge in [-0.3, -0.25) is 4.79 Å². The summed E-state index contributed by atoms with van der Waals surface area (Å²) in [6.07, 6.45) is 1.63. The van der Waals surface area contributed by atoms with Gasteiger partial charge < -0.3 is 19.7 Å². The van der Waals surface area contributed by atoms with Crippen LogP contribution >= 0.6 is 0 Å². The number of hydrogen-bond donors (Lipinski definition) is 1. The predicted octanol–water partition coefficient (Wildman–Crippen LogP) is 4.69. The molecule has 0 bridgehead atoms. The van der Waals surface area contributed by atoms with E-state index in [9.17, 15) is 9.59 Å². The highest BCUT2D eigenvalue weighted by Crippen LogP contribution is 2.30. The number of amides is 1. The number of carbonyl (C=O) groups excluding carboxylic acids is 2. The van der Waals surface area contributed by atoms with Gasteiger partial charge in [-0.2, -0.15) is 0 Å². The van der Waals surface area contributed by atoms with Crippen molar-refractivity contribution in [2.45, 2.75) is 52.9 Å². The molecule has 0 fully saturated rings. The molecular weight excluding hydrogens is 380 g/mol. The monoisotopic (exact) mass is 420 g/mol. The first kappa shape index (κ1) is 26.0. The molecule has 30 heavy (non-hydrogen) atoms. The lowest BCUT2D eigenvalue weighted by molar-refractivity contribution is -0.141. The van der Waals surface area contributed by atoms with E-state index in [4.69, 9.17) is 9.47 Å². The number of hydrogen-bond acceptors (Lipinski definition) is 5. The fourth-order valence-electron chi connectivity index (χ4n) is 4.07. The van der Waals surface area contributed by atoms with Crippen molar-refractivity contribution in [2.75, 3.05) is 34.3 Å². The molecule has 0 aromatic heterocycles. The molecule has 0 spiro atoms. The molecule has 0 saturated carbocycles. The smallest absolute Gasteiger partial charge is 0.412 e. The van der Waals surface area contributed by atoms with Gasteiger partial charge in [-0.05, 0) is 68.3 Å². The zero-order valence-electron chi connectivity index (χ0n) is 19.7. The Bertz CT molecular complexity index is 660. The Hall–Kier alpha value is -2.08. The van der Waals surface area contributed by atoms with E-state index < -0.39 is 6.09 Å². The summed E-state index contributed by atoms with van der Waals surface area (Å²) in [5.74, 6) is 1.60. The maximum atomic E-state index is 12.3. The molecule has 1 aromatic rings. The number of methoxy groups -OCH3 is 1. The minimum atomic E-state index is -0.500. The second kappa shape index (κ2) is 13.3. The van der Waals surface area contributed by atoms with Crippen molar-refractivity contribution in [2.24, 2.45) is 17.8 Å². The topological polar surface area (TPSA) is 67.9 Å². The Morgan fingerprint density at radius 3 is 2.43 bits per heavy atom. The summed E-state index contributed by atoms with van der Waals surface area (Å²) in [6.45, 7) is 10.0. The van der Waals surface area contributed by atoms with Crippen LogP contribution in [0.4, 0.5) is 4.79 Å². The van der Waals surface area contributed by atoms with Gasteiger partial charge in [0, 0.05) is 13.1 Å². The van der Waals surface area contributed by atoms with Gasteiger partial charge in [0.25, 0.3) is 0 Å². The minimum absolute atomic E-state index is 0.0210. The van der Waals surface area contributed by atoms with Crippen LogP contribution in [0.15, 0.2) is 24.3 Å². The van der Waals surface area contributed by atoms with Crippen LogP contribution in [0.25, 0.3) is 0 Å². The van der Waals surface area contributed by atoms with E-state index in [1.807, 2.05) is 12.1 Å². The standard InChI is InChI=1S/C24H40N2O4/c1-8-22(18(4)16-26(5)6)20-10-9-11-21(14-20)30-24(28)25-15-19(12-17(2)3)13-23(27)29-7/h9-11,14,17-19,22H,8,12-13,15-16H2,1-7H3,(H,25,28)/t18-,19?,22-/m0/s1. The molecule has 1 amide bonds. The molecular formula is C24H40N2O4. The molecule has 1 aromatic carbocycles. The molecule has 1 unspecified atom stereocenters. The highest BCUT2D eigenvalue weighted by atomic mass is 16.6. The number of rotatable bonds is 12. The fraction of sp³-hybridized carbons (Fsp3) is 0.667. The van der Waals surface area contributed by atoms with Crippen molar-refractivity contribution >= 4 is 12.1 Å². The quantitative estimate of drug-likeness (QED) is 0.497. The van der Waals surface area contributed by atoms with E-state index in [0.717, 1.165) is 19.4 Å². The van der Waals surface area contributed by atoms with Crippen LogP contribution in [-0.4, -0.2) is 51.3 Å². The molecule has 170 valence electrons. The summed E-state index contributed by atoms with van der Waals surface area (Å²) in [4.78, 5) is 26.2. The van der Waals surface area contributed by atoms with Crippen LogP contribution in [0.1, 0.15) is 58.4 Å². The van der Waals surface area contributed by atoms with Crippen molar-refractivity contribution in [3.05, 3.63) is 29.8 Å². The Morgan fingerprint density at radius 2 is 1.87 bits per heavy atom. The van der Waals surface area contributed by atoms with Crippen LogP contribution in [0, 0.1) is 17.8 Å². The zero-order chi connectivity index (χ0) is 22.7. The summed E-state index contributed by atoms with van der Waals surface area (Å²) in [5, 5.41) is 2.80. The maximum Gasteiger partial charge on any atom is 0.412 e. The van der Waals surface area contributed by atoms with Gasteiger partial charge in [0.05, 0.1) is 13.5 Å². The second-order valence-corrected chi connectivity index (χ2v) is 8.87. The Morgan fingerprint density at radius 1 is 1.17 bits per heavy atom. The Balaban J connectivity index is 2.72. The summed E-state index contributed by atoms with van der Waals surface area (Å²) in [7, 11) is 5.55. The van der Waals surface area contributed by atoms with Crippen LogP contribution < -0.4 is 10.1 Å². The van der Waals surface area contributed by atoms with E-state index in [0.29, 0.717) is 30.0 Å². The summed E-state index contributed by atoms with van der Waals surface area (Å²) >= 11 is 0. The van der Waals surface area contributed by atoms with E-state index in [1.165, 1.54) is 12.7 Å². The first-order chi connectivity index (χ1) is 14.2. The molecule has 0 aliphatic carbocycles. The fourth-order valence-corrected chi connectivity index (χ4v) is 4.07. The highest BCUT2D eigenvalue weighted by molar-refractivity contribution is 5.71. The molecule has 1 rings (SSSR count). The average Bonchev–Trinajstić information content (AvgIpc) is 2.66. The second-order valence-electron chi connectivity index (χ2n) is 8.87. The average molecular weight is 421 g/mol. The van der Waals surface area contributed by atoms with Crippen molar-refractivity contribution in [3.8, 4) is 5.75 Å². The third-order valence-electron chi connectivity index (χ3n) is 5.30. The maximum absolute atomic E-state index is 12.3. The molecule has 6 heteroatoms. The van der Waals surface area contributed by atoms with Gasteiger partial charge in [0.1, 0.15) is 5.75 Å². The number of nitrogens with one attached hydrogen (secondary N) is 1. The summed E-state index contributed by atoms with van der Waals surface area (Å²) in [6, 6.07) is 7.79. The van der Waals surface area contributed by atoms with Crippen LogP contribution in [0.2, 0.25) is 0 Å². The Kier molecular flexibility index (Phi) is 11.5. The molecule has 1 N–H and O–H groups in total. The summed E-state index contributed by atoms with van der Waals surface area (Å²) in [5.41, 5.74) is 1.18. The highest BCUT2D eigenvalue weighted by Gasteiger charge is 2.20. The van der Waals surface area contributed by atoms with Crippen molar-refractivity contribution in [1.82, 2.24) is 10.2 Å². The molecule has 0 radical (unpaired) electrons. The molecule has 0 heterocycles. The molecule has 0 aliphatic rings. The SMILES string of the molecule is CC[C@H](c1cccc(OC(=O)NCC(CC(=O)OC)CC(C)C)c1)[C@@H](C)CN(C)C. The minimum Gasteiger partial charge on any atom is -0.469 e. The normalized spacial score (nSPS) is 14.3. The third kappa shape index (κ3) is 9.61. The number of carbonyl (C=O) groups is 2. The van der Waals surface area contributed by atoms with Gasteiger partial charge in [-0.25, -0.2) is 4.79 Å². The van der Waals surface area contributed by atoms with Crippen molar-refractivity contribution < 1.29 is 19.1 Å². The lowest BCUT2D eigenvalue weighted by Gasteiger charge is -2.26. The lowest BCUT2D eigenvalue weighted by atomic mass is 9.85. The van der Waals surface area contributed by atoms with Gasteiger partial charge >= 0.3 is 12.1 Å². The van der Waals surface area contributed by atoms with E-state index in [-0.39, 0.29) is 18.3 Å². The first-order valence-corrected chi connectivity index (χ1v) is 10.9. The van der Waals surface area contributed by atoms with Crippen molar-refractivity contribution in [1.29, 1.82) is 0 Å². The van der Waals surface area contributed by atoms with Gasteiger partial charge in [0.2, 0.25) is 0 Å². The molecule has 0 saturated heterocycles. The largest absolute Gasteiger partial charge is 0.469 e. The third-order valence-corrected chi connectivity index (χ3v) is 5.30.